The average molecular weight is 451 g/mol. The predicted octanol–water partition coefficient (Wildman–Crippen LogP) is 5.43. The summed E-state index contributed by atoms with van der Waals surface area (Å²) in [6.45, 7) is 4.76. The molecule has 2 aromatic rings. The molecule has 0 amide bonds. The molecule has 2 aliphatic rings. The van der Waals surface area contributed by atoms with E-state index in [9.17, 15) is 0 Å². The van der Waals surface area contributed by atoms with Gasteiger partial charge in [-0.2, -0.15) is 0 Å². The molecular weight excluding hydrogens is 431 g/mol. The first kappa shape index (κ1) is 14.3. The molecule has 22 heavy (non-hydrogen) atoms. The number of allylic oxidation sites excluding steroid dienone is 4. The molecule has 0 saturated carbocycles. The van der Waals surface area contributed by atoms with Crippen LogP contribution in [0.5, 0.6) is 0 Å². The van der Waals surface area contributed by atoms with Gasteiger partial charge in [0.2, 0.25) is 0 Å². The van der Waals surface area contributed by atoms with Crippen LogP contribution in [0, 0.1) is 0 Å². The van der Waals surface area contributed by atoms with Crippen LogP contribution in [0.4, 0.5) is 0 Å². The summed E-state index contributed by atoms with van der Waals surface area (Å²) in [4.78, 5) is 0. The van der Waals surface area contributed by atoms with Gasteiger partial charge in [-0.15, -0.1) is 0 Å². The molecule has 0 atom stereocenters. The minimum atomic E-state index is -2.06. The van der Waals surface area contributed by atoms with E-state index in [4.69, 9.17) is 0 Å². The molecule has 1 heteroatoms. The summed E-state index contributed by atoms with van der Waals surface area (Å²) < 4.78 is 4.16. The van der Waals surface area contributed by atoms with Crippen LogP contribution in [0.15, 0.2) is 70.1 Å². The van der Waals surface area contributed by atoms with Gasteiger partial charge in [-0.05, 0) is 0 Å². The molecule has 0 N–H and O–H groups in total. The first-order valence-electron chi connectivity index (χ1n) is 7.99. The van der Waals surface area contributed by atoms with Crippen molar-refractivity contribution in [2.45, 2.75) is 23.9 Å². The van der Waals surface area contributed by atoms with Gasteiger partial charge in [-0.3, -0.25) is 0 Å². The molecule has 108 valence electrons. The minimum absolute atomic E-state index is 0.675. The van der Waals surface area contributed by atoms with Crippen molar-refractivity contribution in [2.24, 2.45) is 0 Å². The maximum absolute atomic E-state index is 2.42. The third kappa shape index (κ3) is 2.18. The average Bonchev–Trinajstić information content (AvgIpc) is 3.16. The Morgan fingerprint density at radius 3 is 2.00 bits per heavy atom. The monoisotopic (exact) mass is 452 g/mol. The fourth-order valence-corrected chi connectivity index (χ4v) is 15.9. The van der Waals surface area contributed by atoms with Gasteiger partial charge in [-0.1, -0.05) is 0 Å². The third-order valence-corrected chi connectivity index (χ3v) is 16.8. The Labute approximate surface area is 140 Å². The van der Waals surface area contributed by atoms with Crippen molar-refractivity contribution < 1.29 is 21.0 Å². The standard InChI is InChI=1S/C13H9.C5H5.C3H6.Hf/c1-3-7-12-10(5-1)9-11-6-2-4-8-13(11)12;1-2-4-5-3-1;1-3-2;/h1-9H;1-3H,4H2;1-2H3;. The van der Waals surface area contributed by atoms with Gasteiger partial charge in [0.05, 0.1) is 0 Å². The van der Waals surface area contributed by atoms with E-state index in [2.05, 4.69) is 80.6 Å². The quantitative estimate of drug-likeness (QED) is 0.535. The van der Waals surface area contributed by atoms with Crippen LogP contribution in [0.3, 0.4) is 0 Å². The van der Waals surface area contributed by atoms with Crippen molar-refractivity contribution in [3.63, 3.8) is 0 Å². The molecule has 0 heterocycles. The van der Waals surface area contributed by atoms with Gasteiger partial charge in [0.15, 0.2) is 0 Å². The molecule has 0 bridgehead atoms. The van der Waals surface area contributed by atoms with Crippen LogP contribution < -0.4 is 0 Å². The third-order valence-electron chi connectivity index (χ3n) is 4.78. The zero-order valence-electron chi connectivity index (χ0n) is 13.1. The second-order valence-electron chi connectivity index (χ2n) is 6.35. The van der Waals surface area contributed by atoms with Crippen molar-refractivity contribution >= 4 is 3.26 Å². The summed E-state index contributed by atoms with van der Waals surface area (Å²) in [5.74, 6) is 0. The first-order valence-corrected chi connectivity index (χ1v) is 13.7. The second-order valence-corrected chi connectivity index (χ2v) is 17.3. The molecule has 0 fully saturated rings. The van der Waals surface area contributed by atoms with Crippen LogP contribution >= 0.6 is 0 Å². The molecule has 0 radical (unpaired) electrons. The number of hydrogen-bond acceptors (Lipinski definition) is 0. The molecule has 4 rings (SSSR count). The summed E-state index contributed by atoms with van der Waals surface area (Å²) in [5, 5.41) is 0. The van der Waals surface area contributed by atoms with E-state index in [1.54, 1.807) is 17.7 Å². The molecule has 2 aromatic carbocycles. The van der Waals surface area contributed by atoms with Crippen molar-refractivity contribution in [3.8, 4) is 11.1 Å². The summed E-state index contributed by atoms with van der Waals surface area (Å²) in [6, 6.07) is 18.2. The molecule has 0 aromatic heterocycles. The summed E-state index contributed by atoms with van der Waals surface area (Å²) in [7, 11) is 0. The second kappa shape index (κ2) is 5.70. The SMILES string of the molecule is C[C](C)=[Hf]([C]1=CC=CC1)[CH]1c2ccccc2-c2ccccc21. The van der Waals surface area contributed by atoms with Crippen LogP contribution in [0.25, 0.3) is 11.1 Å². The first-order chi connectivity index (χ1) is 10.8. The number of benzene rings is 2. The molecule has 0 aliphatic heterocycles. The van der Waals surface area contributed by atoms with Gasteiger partial charge in [-0.25, -0.2) is 0 Å². The normalized spacial score (nSPS) is 15.5. The Morgan fingerprint density at radius 1 is 0.909 bits per heavy atom. The van der Waals surface area contributed by atoms with E-state index in [0.717, 1.165) is 0 Å². The summed E-state index contributed by atoms with van der Waals surface area (Å²) in [5.41, 5.74) is 6.11. The number of rotatable bonds is 2. The molecule has 0 saturated heterocycles. The summed E-state index contributed by atoms with van der Waals surface area (Å²) in [6.07, 6.45) is 8.19. The molecular formula is C21H20Hf. The van der Waals surface area contributed by atoms with E-state index in [0.29, 0.717) is 3.67 Å². The van der Waals surface area contributed by atoms with Gasteiger partial charge in [0.1, 0.15) is 0 Å². The van der Waals surface area contributed by atoms with Gasteiger partial charge in [0.25, 0.3) is 0 Å². The van der Waals surface area contributed by atoms with Crippen molar-refractivity contribution in [2.75, 3.05) is 0 Å². The van der Waals surface area contributed by atoms with E-state index < -0.39 is 21.0 Å². The molecule has 0 nitrogen and oxygen atoms in total. The number of hydrogen-bond donors (Lipinski definition) is 0. The van der Waals surface area contributed by atoms with E-state index >= 15 is 0 Å². The Bertz CT molecular complexity index is 787. The fourth-order valence-electron chi connectivity index (χ4n) is 3.91. The fraction of sp³-hybridized carbons (Fsp3) is 0.190. The van der Waals surface area contributed by atoms with Crippen molar-refractivity contribution in [1.29, 1.82) is 0 Å². The van der Waals surface area contributed by atoms with Gasteiger partial charge < -0.3 is 0 Å². The molecule has 0 spiro atoms. The van der Waals surface area contributed by atoms with Crippen molar-refractivity contribution in [1.82, 2.24) is 0 Å². The summed E-state index contributed by atoms with van der Waals surface area (Å²) >= 11 is -2.06. The Kier molecular flexibility index (Phi) is 3.69. The topological polar surface area (TPSA) is 0 Å². The van der Waals surface area contributed by atoms with Crippen LogP contribution in [0.2, 0.25) is 0 Å². The van der Waals surface area contributed by atoms with Gasteiger partial charge in [0, 0.05) is 0 Å². The van der Waals surface area contributed by atoms with Crippen LogP contribution in [-0.2, 0) is 21.0 Å². The van der Waals surface area contributed by atoms with Crippen LogP contribution in [-0.4, -0.2) is 3.26 Å². The number of fused-ring (bicyclic) bond motifs is 3. The van der Waals surface area contributed by atoms with Crippen molar-refractivity contribution in [3.05, 3.63) is 81.2 Å². The van der Waals surface area contributed by atoms with E-state index in [1.807, 2.05) is 0 Å². The predicted molar refractivity (Wildman–Crippen MR) is 91.9 cm³/mol. The Balaban J connectivity index is 1.97. The van der Waals surface area contributed by atoms with Gasteiger partial charge >= 0.3 is 140 Å². The zero-order chi connectivity index (χ0) is 15.1. The molecule has 2 aliphatic carbocycles. The van der Waals surface area contributed by atoms with E-state index in [-0.39, 0.29) is 0 Å². The Hall–Kier alpha value is -1.34. The van der Waals surface area contributed by atoms with Crippen LogP contribution in [0.1, 0.15) is 35.1 Å². The maximum atomic E-state index is 2.42. The zero-order valence-corrected chi connectivity index (χ0v) is 16.7. The Morgan fingerprint density at radius 2 is 1.50 bits per heavy atom. The molecule has 0 unspecified atom stereocenters. The van der Waals surface area contributed by atoms with E-state index in [1.165, 1.54) is 17.5 Å².